The second-order valence-electron chi connectivity index (χ2n) is 3.82. The Bertz CT molecular complexity index is 806. The first kappa shape index (κ1) is 14.4. The summed E-state index contributed by atoms with van der Waals surface area (Å²) >= 11 is 0. The van der Waals surface area contributed by atoms with Gasteiger partial charge in [-0.3, -0.25) is 0 Å². The number of hydrogen-bond donors (Lipinski definition) is 0. The number of hydrogen-bond acceptors (Lipinski definition) is 3. The Hall–Kier alpha value is -3.06. The highest BCUT2D eigenvalue weighted by Crippen LogP contribution is 2.32. The fourth-order valence-corrected chi connectivity index (χ4v) is 1.55. The molecular weight excluding hydrogens is 288 g/mol. The van der Waals surface area contributed by atoms with Crippen LogP contribution in [0.15, 0.2) is 24.3 Å². The molecule has 7 heteroatoms. The molecular formula is C14H4F4N2O. The number of nitrogens with zero attached hydrogens (tertiary/aromatic N) is 2. The Morgan fingerprint density at radius 2 is 1.48 bits per heavy atom. The van der Waals surface area contributed by atoms with Crippen LogP contribution in [0, 0.1) is 45.9 Å². The number of halogens is 4. The molecule has 0 aliphatic carbocycles. The van der Waals surface area contributed by atoms with Gasteiger partial charge in [0.25, 0.3) is 0 Å². The molecule has 0 aliphatic rings. The van der Waals surface area contributed by atoms with Crippen LogP contribution in [0.25, 0.3) is 0 Å². The molecule has 0 heterocycles. The molecule has 0 aliphatic heterocycles. The van der Waals surface area contributed by atoms with Crippen LogP contribution in [0.3, 0.4) is 0 Å². The largest absolute Gasteiger partial charge is 0.450 e. The van der Waals surface area contributed by atoms with Gasteiger partial charge < -0.3 is 4.74 Å². The molecule has 0 spiro atoms. The summed E-state index contributed by atoms with van der Waals surface area (Å²) in [5, 5.41) is 17.7. The smallest absolute Gasteiger partial charge is 0.182 e. The van der Waals surface area contributed by atoms with E-state index in [9.17, 15) is 17.6 Å². The van der Waals surface area contributed by atoms with Crippen molar-refractivity contribution in [3.05, 3.63) is 58.7 Å². The molecule has 0 saturated carbocycles. The molecule has 0 amide bonds. The molecule has 0 atom stereocenters. The molecule has 2 rings (SSSR count). The van der Waals surface area contributed by atoms with E-state index in [-0.39, 0.29) is 11.6 Å². The van der Waals surface area contributed by atoms with Crippen molar-refractivity contribution in [2.75, 3.05) is 0 Å². The van der Waals surface area contributed by atoms with Crippen LogP contribution < -0.4 is 4.74 Å². The molecule has 0 fully saturated rings. The maximum Gasteiger partial charge on any atom is 0.182 e. The summed E-state index contributed by atoms with van der Waals surface area (Å²) < 4.78 is 57.8. The third-order valence-corrected chi connectivity index (χ3v) is 2.53. The fraction of sp³-hybridized carbons (Fsp3) is 0. The number of nitriles is 2. The lowest BCUT2D eigenvalue weighted by Crippen LogP contribution is -1.98. The van der Waals surface area contributed by atoms with E-state index in [1.165, 1.54) is 0 Å². The van der Waals surface area contributed by atoms with E-state index in [0.717, 1.165) is 12.1 Å². The average molecular weight is 292 g/mol. The third-order valence-electron chi connectivity index (χ3n) is 2.53. The number of rotatable bonds is 2. The lowest BCUT2D eigenvalue weighted by molar-refractivity contribution is 0.400. The lowest BCUT2D eigenvalue weighted by Gasteiger charge is -2.10. The third kappa shape index (κ3) is 2.63. The van der Waals surface area contributed by atoms with Crippen LogP contribution in [-0.2, 0) is 0 Å². The lowest BCUT2D eigenvalue weighted by atomic mass is 10.1. The Morgan fingerprint density at radius 1 is 0.810 bits per heavy atom. The molecule has 0 unspecified atom stereocenters. The van der Waals surface area contributed by atoms with Gasteiger partial charge in [0, 0.05) is 12.1 Å². The minimum Gasteiger partial charge on any atom is -0.450 e. The second-order valence-corrected chi connectivity index (χ2v) is 3.82. The van der Waals surface area contributed by atoms with E-state index >= 15 is 0 Å². The van der Waals surface area contributed by atoms with Gasteiger partial charge >= 0.3 is 0 Å². The van der Waals surface area contributed by atoms with Crippen molar-refractivity contribution in [2.24, 2.45) is 0 Å². The van der Waals surface area contributed by atoms with Crippen molar-refractivity contribution in [1.29, 1.82) is 10.5 Å². The zero-order chi connectivity index (χ0) is 15.6. The van der Waals surface area contributed by atoms with Crippen molar-refractivity contribution >= 4 is 0 Å². The Kier molecular flexibility index (Phi) is 3.77. The van der Waals surface area contributed by atoms with Crippen LogP contribution in [0.2, 0.25) is 0 Å². The van der Waals surface area contributed by atoms with Crippen molar-refractivity contribution in [3.63, 3.8) is 0 Å². The molecule has 0 aromatic heterocycles. The average Bonchev–Trinajstić information content (AvgIpc) is 2.46. The van der Waals surface area contributed by atoms with E-state index in [1.54, 1.807) is 12.1 Å². The van der Waals surface area contributed by atoms with E-state index in [2.05, 4.69) is 0 Å². The van der Waals surface area contributed by atoms with Crippen LogP contribution >= 0.6 is 0 Å². The van der Waals surface area contributed by atoms with Gasteiger partial charge in [0.05, 0.1) is 5.56 Å². The van der Waals surface area contributed by atoms with Gasteiger partial charge in [-0.05, 0) is 12.1 Å². The summed E-state index contributed by atoms with van der Waals surface area (Å²) in [6, 6.07) is 5.67. The van der Waals surface area contributed by atoms with Gasteiger partial charge in [0.1, 0.15) is 17.7 Å². The first-order valence-electron chi connectivity index (χ1n) is 5.43. The maximum absolute atomic E-state index is 13.7. The summed E-state index contributed by atoms with van der Waals surface area (Å²) in [5.74, 6) is -6.71. The van der Waals surface area contributed by atoms with Gasteiger partial charge in [0.15, 0.2) is 34.8 Å². The van der Waals surface area contributed by atoms with E-state index in [4.69, 9.17) is 15.3 Å². The predicted octanol–water partition coefficient (Wildman–Crippen LogP) is 3.78. The Balaban J connectivity index is 2.58. The fourth-order valence-electron chi connectivity index (χ4n) is 1.55. The summed E-state index contributed by atoms with van der Waals surface area (Å²) in [5.41, 5.74) is -0.668. The second kappa shape index (κ2) is 5.51. The molecule has 0 N–H and O–H groups in total. The van der Waals surface area contributed by atoms with Crippen LogP contribution in [0.1, 0.15) is 11.1 Å². The summed E-state index contributed by atoms with van der Waals surface area (Å²) in [7, 11) is 0. The zero-order valence-corrected chi connectivity index (χ0v) is 10.1. The van der Waals surface area contributed by atoms with Gasteiger partial charge in [-0.25, -0.2) is 17.6 Å². The standard InChI is InChI=1S/C14H4F4N2O/c15-9-2-1-7(5-19)8(6-20)14(9)21-13-4-11(17)10(16)3-12(13)18/h1-4H. The molecule has 3 nitrogen and oxygen atoms in total. The first-order valence-corrected chi connectivity index (χ1v) is 5.43. The number of benzene rings is 2. The van der Waals surface area contributed by atoms with Crippen LogP contribution in [0.4, 0.5) is 17.6 Å². The zero-order valence-electron chi connectivity index (χ0n) is 10.1. The van der Waals surface area contributed by atoms with E-state index in [0.29, 0.717) is 6.07 Å². The first-order chi connectivity index (χ1) is 9.97. The Labute approximate surface area is 116 Å². The minimum absolute atomic E-state index is 0.197. The van der Waals surface area contributed by atoms with Crippen molar-refractivity contribution in [3.8, 4) is 23.6 Å². The van der Waals surface area contributed by atoms with Crippen LogP contribution in [0.5, 0.6) is 11.5 Å². The molecule has 2 aromatic rings. The molecule has 21 heavy (non-hydrogen) atoms. The SMILES string of the molecule is N#Cc1ccc(F)c(Oc2cc(F)c(F)cc2F)c1C#N. The minimum atomic E-state index is -1.44. The summed E-state index contributed by atoms with van der Waals surface area (Å²) in [4.78, 5) is 0. The van der Waals surface area contributed by atoms with Crippen molar-refractivity contribution in [1.82, 2.24) is 0 Å². The highest BCUT2D eigenvalue weighted by Gasteiger charge is 2.19. The number of ether oxygens (including phenoxy) is 1. The van der Waals surface area contributed by atoms with Gasteiger partial charge in [-0.1, -0.05) is 0 Å². The highest BCUT2D eigenvalue weighted by molar-refractivity contribution is 5.55. The molecule has 0 bridgehead atoms. The van der Waals surface area contributed by atoms with Crippen molar-refractivity contribution in [2.45, 2.75) is 0 Å². The van der Waals surface area contributed by atoms with Crippen LogP contribution in [-0.4, -0.2) is 0 Å². The van der Waals surface area contributed by atoms with E-state index < -0.39 is 40.3 Å². The normalized spacial score (nSPS) is 9.81. The van der Waals surface area contributed by atoms with E-state index in [1.807, 2.05) is 0 Å². The van der Waals surface area contributed by atoms with Gasteiger partial charge in [-0.2, -0.15) is 10.5 Å². The summed E-state index contributed by atoms with van der Waals surface area (Å²) in [6.07, 6.45) is 0. The quantitative estimate of drug-likeness (QED) is 0.625. The molecule has 104 valence electrons. The highest BCUT2D eigenvalue weighted by atomic mass is 19.2. The maximum atomic E-state index is 13.7. The summed E-state index contributed by atoms with van der Waals surface area (Å²) in [6.45, 7) is 0. The Morgan fingerprint density at radius 3 is 2.10 bits per heavy atom. The topological polar surface area (TPSA) is 56.8 Å². The van der Waals surface area contributed by atoms with Gasteiger partial charge in [-0.15, -0.1) is 0 Å². The monoisotopic (exact) mass is 292 g/mol. The predicted molar refractivity (Wildman–Crippen MR) is 62.2 cm³/mol. The molecule has 2 aromatic carbocycles. The molecule has 0 radical (unpaired) electrons. The van der Waals surface area contributed by atoms with Gasteiger partial charge in [0.2, 0.25) is 0 Å². The van der Waals surface area contributed by atoms with Crippen molar-refractivity contribution < 1.29 is 22.3 Å². The molecule has 0 saturated heterocycles.